The third kappa shape index (κ3) is 5.22. The number of terminal acetylenes is 1. The maximum Gasteiger partial charge on any atom is 0.239 e. The predicted octanol–water partition coefficient (Wildman–Crippen LogP) is 2.73. The van der Waals surface area contributed by atoms with Crippen molar-refractivity contribution in [2.45, 2.75) is 25.7 Å². The Morgan fingerprint density at radius 2 is 1.38 bits per heavy atom. The van der Waals surface area contributed by atoms with Gasteiger partial charge in [0, 0.05) is 13.0 Å². The number of benzene rings is 2. The van der Waals surface area contributed by atoms with Gasteiger partial charge in [-0.15, -0.1) is 12.3 Å². The fourth-order valence-electron chi connectivity index (χ4n) is 2.35. The Bertz CT molecular complexity index is 505. The van der Waals surface area contributed by atoms with Crippen LogP contribution in [0.25, 0.3) is 0 Å². The average Bonchev–Trinajstić information content (AvgIpc) is 2.56. The number of hydrogen-bond acceptors (Lipinski definition) is 1. The highest BCUT2D eigenvalue weighted by Crippen LogP contribution is 2.01. The summed E-state index contributed by atoms with van der Waals surface area (Å²) in [5.41, 5.74) is 0. The first-order chi connectivity index (χ1) is 10.4. The maximum absolute atomic E-state index is 6.28. The van der Waals surface area contributed by atoms with Gasteiger partial charge in [0.05, 0.1) is 0 Å². The van der Waals surface area contributed by atoms with Crippen LogP contribution in [0.3, 0.4) is 0 Å². The van der Waals surface area contributed by atoms with Gasteiger partial charge in [-0.05, 0) is 23.2 Å². The van der Waals surface area contributed by atoms with Gasteiger partial charge in [-0.3, -0.25) is 0 Å². The summed E-state index contributed by atoms with van der Waals surface area (Å²) in [4.78, 5) is 0. The highest BCUT2D eigenvalue weighted by Gasteiger charge is 2.16. The molecule has 0 unspecified atom stereocenters. The molecule has 0 spiro atoms. The van der Waals surface area contributed by atoms with Gasteiger partial charge in [0.15, 0.2) is 0 Å². The second-order valence-electron chi connectivity index (χ2n) is 5.09. The molecule has 1 nitrogen and oxygen atoms in total. The average molecular weight is 294 g/mol. The van der Waals surface area contributed by atoms with Crippen molar-refractivity contribution in [2.24, 2.45) is 0 Å². The number of unbranched alkanes of at least 4 members (excludes halogenated alkanes) is 3. The van der Waals surface area contributed by atoms with Crippen LogP contribution in [0.5, 0.6) is 0 Å². The van der Waals surface area contributed by atoms with Crippen LogP contribution in [0.1, 0.15) is 25.7 Å². The van der Waals surface area contributed by atoms with E-state index in [2.05, 4.69) is 66.6 Å². The van der Waals surface area contributed by atoms with Gasteiger partial charge in [0.25, 0.3) is 0 Å². The molecule has 0 fully saturated rings. The van der Waals surface area contributed by atoms with E-state index in [1.807, 2.05) is 0 Å². The van der Waals surface area contributed by atoms with Gasteiger partial charge < -0.3 is 4.43 Å². The fourth-order valence-corrected chi connectivity index (χ4v) is 4.66. The lowest BCUT2D eigenvalue weighted by atomic mass is 10.2. The van der Waals surface area contributed by atoms with E-state index in [4.69, 9.17) is 10.8 Å². The van der Waals surface area contributed by atoms with E-state index in [1.54, 1.807) is 0 Å². The summed E-state index contributed by atoms with van der Waals surface area (Å²) in [7, 11) is -1.55. The van der Waals surface area contributed by atoms with Crippen LogP contribution < -0.4 is 10.4 Å². The van der Waals surface area contributed by atoms with E-state index >= 15 is 0 Å². The zero-order chi connectivity index (χ0) is 14.8. The van der Waals surface area contributed by atoms with Crippen molar-refractivity contribution in [3.05, 3.63) is 60.7 Å². The van der Waals surface area contributed by atoms with Crippen molar-refractivity contribution in [2.75, 3.05) is 6.61 Å². The van der Waals surface area contributed by atoms with Crippen molar-refractivity contribution >= 4 is 19.4 Å². The van der Waals surface area contributed by atoms with Gasteiger partial charge in [-0.2, -0.15) is 0 Å². The molecule has 0 atom stereocenters. The zero-order valence-electron chi connectivity index (χ0n) is 12.4. The molecule has 0 aliphatic rings. The molecule has 2 rings (SSSR count). The van der Waals surface area contributed by atoms with Crippen LogP contribution in [-0.2, 0) is 4.43 Å². The third-order valence-electron chi connectivity index (χ3n) is 3.45. The van der Waals surface area contributed by atoms with Crippen molar-refractivity contribution in [3.8, 4) is 12.3 Å². The molecule has 2 aromatic carbocycles. The predicted molar refractivity (Wildman–Crippen MR) is 92.6 cm³/mol. The second kappa shape index (κ2) is 9.18. The molecule has 0 heterocycles. The van der Waals surface area contributed by atoms with Crippen molar-refractivity contribution < 1.29 is 4.43 Å². The van der Waals surface area contributed by atoms with E-state index < -0.39 is 9.04 Å². The summed E-state index contributed by atoms with van der Waals surface area (Å²) in [5.74, 6) is 2.69. The van der Waals surface area contributed by atoms with E-state index in [9.17, 15) is 0 Å². The monoisotopic (exact) mass is 294 g/mol. The molecule has 0 aromatic heterocycles. The Labute approximate surface area is 129 Å². The SMILES string of the molecule is C#CCCCCCO[SiH](c1ccccc1)c1ccccc1. The second-order valence-corrected chi connectivity index (χ2v) is 7.51. The molecule has 0 N–H and O–H groups in total. The van der Waals surface area contributed by atoms with Gasteiger partial charge >= 0.3 is 0 Å². The molecule has 0 saturated carbocycles. The smallest absolute Gasteiger partial charge is 0.239 e. The van der Waals surface area contributed by atoms with Gasteiger partial charge in [-0.1, -0.05) is 67.1 Å². The van der Waals surface area contributed by atoms with E-state index in [0.717, 1.165) is 32.3 Å². The van der Waals surface area contributed by atoms with E-state index in [-0.39, 0.29) is 0 Å². The normalized spacial score (nSPS) is 10.5. The molecular weight excluding hydrogens is 272 g/mol. The molecule has 2 heteroatoms. The lowest BCUT2D eigenvalue weighted by molar-refractivity contribution is 0.319. The standard InChI is InChI=1S/C19H22OSi/c1-2-3-4-5-12-17-20-21(18-13-8-6-9-14-18)19-15-10-7-11-16-19/h1,6-11,13-16,21H,3-5,12,17H2. The minimum absolute atomic E-state index is 0.825. The molecule has 2 aromatic rings. The van der Waals surface area contributed by atoms with Gasteiger partial charge in [0.1, 0.15) is 0 Å². The molecule has 0 amide bonds. The molecule has 0 aliphatic heterocycles. The highest BCUT2D eigenvalue weighted by atomic mass is 28.3. The summed E-state index contributed by atoms with van der Waals surface area (Å²) in [6.45, 7) is 0.825. The summed E-state index contributed by atoms with van der Waals surface area (Å²) < 4.78 is 6.28. The minimum atomic E-state index is -1.55. The van der Waals surface area contributed by atoms with Crippen molar-refractivity contribution in [1.82, 2.24) is 0 Å². The van der Waals surface area contributed by atoms with Gasteiger partial charge in [0.2, 0.25) is 9.04 Å². The largest absolute Gasteiger partial charge is 0.411 e. The molecular formula is C19H22OSi. The van der Waals surface area contributed by atoms with Crippen LogP contribution in [0.2, 0.25) is 0 Å². The molecule has 108 valence electrons. The van der Waals surface area contributed by atoms with Crippen LogP contribution in [0, 0.1) is 12.3 Å². The van der Waals surface area contributed by atoms with Crippen LogP contribution >= 0.6 is 0 Å². The minimum Gasteiger partial charge on any atom is -0.411 e. The summed E-state index contributed by atoms with van der Waals surface area (Å²) in [6, 6.07) is 21.2. The Kier molecular flexibility index (Phi) is 6.80. The van der Waals surface area contributed by atoms with E-state index in [0.29, 0.717) is 0 Å². The van der Waals surface area contributed by atoms with Crippen LogP contribution in [-0.4, -0.2) is 15.6 Å². The summed E-state index contributed by atoms with van der Waals surface area (Å²) >= 11 is 0. The molecule has 0 radical (unpaired) electrons. The quantitative estimate of drug-likeness (QED) is 0.413. The van der Waals surface area contributed by atoms with Gasteiger partial charge in [-0.25, -0.2) is 0 Å². The van der Waals surface area contributed by atoms with E-state index in [1.165, 1.54) is 10.4 Å². The Hall–Kier alpha value is -1.82. The molecule has 21 heavy (non-hydrogen) atoms. The van der Waals surface area contributed by atoms with Crippen LogP contribution in [0.15, 0.2) is 60.7 Å². The highest BCUT2D eigenvalue weighted by molar-refractivity contribution is 6.80. The number of hydrogen-bond donors (Lipinski definition) is 0. The molecule has 0 bridgehead atoms. The topological polar surface area (TPSA) is 9.23 Å². The summed E-state index contributed by atoms with van der Waals surface area (Å²) in [5, 5.41) is 2.68. The lowest BCUT2D eigenvalue weighted by Crippen LogP contribution is -2.45. The number of rotatable bonds is 8. The lowest BCUT2D eigenvalue weighted by Gasteiger charge is -2.17. The Morgan fingerprint density at radius 3 is 1.90 bits per heavy atom. The third-order valence-corrected chi connectivity index (χ3v) is 6.00. The maximum atomic E-state index is 6.28. The zero-order valence-corrected chi connectivity index (χ0v) is 13.5. The molecule has 0 saturated heterocycles. The fraction of sp³-hybridized carbons (Fsp3) is 0.263. The first kappa shape index (κ1) is 15.6. The first-order valence-electron chi connectivity index (χ1n) is 7.57. The van der Waals surface area contributed by atoms with Crippen LogP contribution in [0.4, 0.5) is 0 Å². The Balaban J connectivity index is 1.96. The molecule has 0 aliphatic carbocycles. The Morgan fingerprint density at radius 1 is 0.810 bits per heavy atom. The summed E-state index contributed by atoms with van der Waals surface area (Å²) in [6.07, 6.45) is 9.48. The van der Waals surface area contributed by atoms with Crippen molar-refractivity contribution in [1.29, 1.82) is 0 Å². The van der Waals surface area contributed by atoms with Crippen molar-refractivity contribution in [3.63, 3.8) is 0 Å². The first-order valence-corrected chi connectivity index (χ1v) is 9.19.